The molecule has 0 aliphatic carbocycles. The molecule has 33 heavy (non-hydrogen) atoms. The highest BCUT2D eigenvalue weighted by Crippen LogP contribution is 2.44. The Morgan fingerprint density at radius 2 is 1.00 bits per heavy atom. The van der Waals surface area contributed by atoms with Gasteiger partial charge in [-0.05, 0) is 54.4 Å². The molecule has 0 aromatic carbocycles. The van der Waals surface area contributed by atoms with Crippen LogP contribution in [0.25, 0.3) is 0 Å². The van der Waals surface area contributed by atoms with Crippen molar-refractivity contribution in [3.05, 3.63) is 0 Å². The van der Waals surface area contributed by atoms with Gasteiger partial charge in [0.05, 0.1) is 0 Å². The molecule has 1 fully saturated rings. The van der Waals surface area contributed by atoms with Gasteiger partial charge in [-0.25, -0.2) is 4.79 Å². The summed E-state index contributed by atoms with van der Waals surface area (Å²) >= 11 is 0. The van der Waals surface area contributed by atoms with Crippen molar-refractivity contribution in [3.63, 3.8) is 0 Å². The lowest BCUT2D eigenvalue weighted by molar-refractivity contribution is -0.194. The molecule has 0 amide bonds. The van der Waals surface area contributed by atoms with Crippen LogP contribution in [0.1, 0.15) is 62.3 Å². The lowest BCUT2D eigenvalue weighted by atomic mass is 10.0. The molecular formula is C24H50O6Si3. The minimum absolute atomic E-state index is 0.0841. The van der Waals surface area contributed by atoms with Crippen molar-refractivity contribution in [1.82, 2.24) is 0 Å². The molecule has 1 aliphatic heterocycles. The van der Waals surface area contributed by atoms with Gasteiger partial charge in [-0.3, -0.25) is 4.79 Å². The molecule has 0 saturated carbocycles. The van der Waals surface area contributed by atoms with Crippen LogP contribution in [0.4, 0.5) is 0 Å². The van der Waals surface area contributed by atoms with Crippen LogP contribution >= 0.6 is 0 Å². The lowest BCUT2D eigenvalue weighted by Crippen LogP contribution is -2.66. The summed E-state index contributed by atoms with van der Waals surface area (Å²) in [5.41, 5.74) is 0. The zero-order valence-electron chi connectivity index (χ0n) is 23.8. The Balaban J connectivity index is 3.62. The van der Waals surface area contributed by atoms with E-state index in [1.54, 1.807) is 0 Å². The van der Waals surface area contributed by atoms with E-state index < -0.39 is 55.3 Å². The van der Waals surface area contributed by atoms with E-state index in [0.29, 0.717) is 6.29 Å². The number of carbonyl (C=O) groups excluding carboxylic acids is 2. The minimum Gasteiger partial charge on any atom is -0.450 e. The summed E-state index contributed by atoms with van der Waals surface area (Å²) in [6.07, 6.45) is -2.66. The number of cyclic esters (lactones) is 1. The van der Waals surface area contributed by atoms with Gasteiger partial charge in [0.15, 0.2) is 43.4 Å². The van der Waals surface area contributed by atoms with E-state index in [1.807, 2.05) is 0 Å². The molecule has 0 unspecified atom stereocenters. The van der Waals surface area contributed by atoms with E-state index in [2.05, 4.69) is 102 Å². The Hall–Kier alpha value is -0.329. The first kappa shape index (κ1) is 30.7. The maximum atomic E-state index is 13.2. The molecule has 0 radical (unpaired) electrons. The molecule has 4 atom stereocenters. The van der Waals surface area contributed by atoms with Gasteiger partial charge < -0.3 is 18.0 Å². The molecular weight excluding hydrogens is 469 g/mol. The first-order valence-electron chi connectivity index (χ1n) is 12.1. The Morgan fingerprint density at radius 1 is 0.667 bits per heavy atom. The molecule has 1 heterocycles. The third-order valence-electron chi connectivity index (χ3n) is 8.27. The monoisotopic (exact) mass is 518 g/mol. The zero-order valence-corrected chi connectivity index (χ0v) is 26.8. The molecule has 1 rings (SSSR count). The summed E-state index contributed by atoms with van der Waals surface area (Å²) in [5.74, 6) is -0.532. The van der Waals surface area contributed by atoms with Crippen LogP contribution in [0.5, 0.6) is 0 Å². The van der Waals surface area contributed by atoms with Gasteiger partial charge in [0, 0.05) is 0 Å². The molecule has 1 saturated heterocycles. The summed E-state index contributed by atoms with van der Waals surface area (Å²) in [7, 11) is -7.01. The van der Waals surface area contributed by atoms with Crippen molar-refractivity contribution in [2.75, 3.05) is 0 Å². The van der Waals surface area contributed by atoms with Crippen molar-refractivity contribution in [3.8, 4) is 0 Å². The van der Waals surface area contributed by atoms with Gasteiger partial charge in [0.25, 0.3) is 0 Å². The van der Waals surface area contributed by atoms with Gasteiger partial charge in [-0.15, -0.1) is 0 Å². The van der Waals surface area contributed by atoms with Crippen molar-refractivity contribution < 1.29 is 27.6 Å². The van der Waals surface area contributed by atoms with Crippen LogP contribution in [0.2, 0.25) is 54.4 Å². The molecule has 0 spiro atoms. The standard InChI is InChI=1S/C24H50O6Si3/c1-22(2,3)31(10,11)28-18-17(16-25)27-21(26)20(30-33(14,15)24(7,8)9)19(18)29-32(12,13)23(4,5)6/h16-20H,1-15H3/t17-,18+,19-,20-/m0/s1. The van der Waals surface area contributed by atoms with Gasteiger partial charge in [0.2, 0.25) is 0 Å². The fourth-order valence-electron chi connectivity index (χ4n) is 2.77. The number of hydrogen-bond donors (Lipinski definition) is 0. The predicted octanol–water partition coefficient (Wildman–Crippen LogP) is 6.28. The van der Waals surface area contributed by atoms with E-state index in [-0.39, 0.29) is 15.1 Å². The summed E-state index contributed by atoms with van der Waals surface area (Å²) in [6, 6.07) is 0. The van der Waals surface area contributed by atoms with E-state index in [1.165, 1.54) is 0 Å². The quantitative estimate of drug-likeness (QED) is 0.224. The van der Waals surface area contributed by atoms with Crippen LogP contribution in [0.3, 0.4) is 0 Å². The van der Waals surface area contributed by atoms with Gasteiger partial charge >= 0.3 is 5.97 Å². The number of ether oxygens (including phenoxy) is 1. The molecule has 6 nitrogen and oxygen atoms in total. The van der Waals surface area contributed by atoms with E-state index in [0.717, 1.165) is 0 Å². The summed E-state index contributed by atoms with van der Waals surface area (Å²) < 4.78 is 25.9. The largest absolute Gasteiger partial charge is 0.450 e. The van der Waals surface area contributed by atoms with Crippen LogP contribution in [-0.2, 0) is 27.6 Å². The second kappa shape index (κ2) is 9.61. The van der Waals surface area contributed by atoms with Crippen LogP contribution in [0.15, 0.2) is 0 Å². The molecule has 1 aliphatic rings. The van der Waals surface area contributed by atoms with Gasteiger partial charge in [-0.2, -0.15) is 0 Å². The van der Waals surface area contributed by atoms with Crippen molar-refractivity contribution in [1.29, 1.82) is 0 Å². The average molecular weight is 519 g/mol. The van der Waals surface area contributed by atoms with Crippen molar-refractivity contribution in [2.45, 2.75) is 141 Å². The highest BCUT2D eigenvalue weighted by molar-refractivity contribution is 6.75. The second-order valence-electron chi connectivity index (χ2n) is 14.0. The van der Waals surface area contributed by atoms with Crippen LogP contribution in [0, 0.1) is 0 Å². The minimum atomic E-state index is -2.35. The summed E-state index contributed by atoms with van der Waals surface area (Å²) in [5, 5.41) is -0.278. The normalized spacial score (nSPS) is 26.2. The lowest BCUT2D eigenvalue weighted by Gasteiger charge is -2.51. The number of esters is 1. The average Bonchev–Trinajstić information content (AvgIpc) is 2.56. The zero-order chi connectivity index (χ0) is 26.4. The Kier molecular flexibility index (Phi) is 8.94. The SMILES string of the molecule is CC(C)(C)[Si](C)(C)O[C@H]1[C@H](O[Si](C)(C)C(C)(C)C)[C@H](O[Si](C)(C)C(C)(C)C)C(=O)O[C@H]1C=O. The third kappa shape index (κ3) is 6.88. The molecule has 194 valence electrons. The number of aldehydes is 1. The molecule has 0 aromatic heterocycles. The number of hydrogen-bond acceptors (Lipinski definition) is 6. The first-order chi connectivity index (χ1) is 14.4. The Morgan fingerprint density at radius 3 is 1.33 bits per heavy atom. The summed E-state index contributed by atoms with van der Waals surface area (Å²) in [6.45, 7) is 32.1. The maximum absolute atomic E-state index is 13.2. The second-order valence-corrected chi connectivity index (χ2v) is 28.3. The van der Waals surface area contributed by atoms with E-state index in [4.69, 9.17) is 18.0 Å². The molecule has 0 aromatic rings. The molecule has 9 heteroatoms. The van der Waals surface area contributed by atoms with E-state index >= 15 is 0 Å². The summed E-state index contributed by atoms with van der Waals surface area (Å²) in [4.78, 5) is 25.3. The van der Waals surface area contributed by atoms with E-state index in [9.17, 15) is 9.59 Å². The van der Waals surface area contributed by atoms with Crippen LogP contribution in [-0.4, -0.2) is 61.6 Å². The highest BCUT2D eigenvalue weighted by Gasteiger charge is 2.56. The predicted molar refractivity (Wildman–Crippen MR) is 142 cm³/mol. The van der Waals surface area contributed by atoms with Crippen LogP contribution < -0.4 is 0 Å². The highest BCUT2D eigenvalue weighted by atomic mass is 28.4. The fourth-order valence-corrected chi connectivity index (χ4v) is 6.59. The van der Waals surface area contributed by atoms with Crippen molar-refractivity contribution >= 4 is 37.2 Å². The molecule has 0 N–H and O–H groups in total. The number of rotatable bonds is 7. The Bertz CT molecular complexity index is 713. The first-order valence-corrected chi connectivity index (χ1v) is 20.8. The topological polar surface area (TPSA) is 71.1 Å². The fraction of sp³-hybridized carbons (Fsp3) is 0.917. The number of carbonyl (C=O) groups is 2. The smallest absolute Gasteiger partial charge is 0.337 e. The Labute approximate surface area is 205 Å². The van der Waals surface area contributed by atoms with Gasteiger partial charge in [-0.1, -0.05) is 62.3 Å². The third-order valence-corrected chi connectivity index (χ3v) is 21.7. The maximum Gasteiger partial charge on any atom is 0.337 e. The van der Waals surface area contributed by atoms with Crippen molar-refractivity contribution in [2.24, 2.45) is 0 Å². The van der Waals surface area contributed by atoms with Gasteiger partial charge in [0.1, 0.15) is 12.2 Å². The molecule has 0 bridgehead atoms.